The molecule has 0 radical (unpaired) electrons. The van der Waals surface area contributed by atoms with E-state index in [1.807, 2.05) is 4.98 Å². The van der Waals surface area contributed by atoms with Crippen molar-refractivity contribution in [2.24, 2.45) is 5.92 Å². The molecule has 2 heterocycles. The summed E-state index contributed by atoms with van der Waals surface area (Å²) in [5, 5.41) is 5.87. The topological polar surface area (TPSA) is 107 Å². The van der Waals surface area contributed by atoms with E-state index in [1.165, 1.54) is 0 Å². The van der Waals surface area contributed by atoms with Crippen LogP contribution in [-0.4, -0.2) is 35.5 Å². The molecule has 7 nitrogen and oxygen atoms in total. The van der Waals surface area contributed by atoms with Crippen LogP contribution in [0.25, 0.3) is 0 Å². The van der Waals surface area contributed by atoms with Crippen molar-refractivity contribution in [2.45, 2.75) is 6.42 Å². The number of rotatable bonds is 3. The third kappa shape index (κ3) is 2.82. The first kappa shape index (κ1) is 11.6. The number of carbonyl (C=O) groups excluding carboxylic acids is 1. The van der Waals surface area contributed by atoms with Crippen molar-refractivity contribution < 1.29 is 4.79 Å². The normalized spacial score (nSPS) is 19.2. The van der Waals surface area contributed by atoms with Crippen LogP contribution in [0.15, 0.2) is 15.8 Å². The van der Waals surface area contributed by atoms with Crippen molar-refractivity contribution in [1.29, 1.82) is 0 Å². The van der Waals surface area contributed by atoms with Gasteiger partial charge in [0.25, 0.3) is 11.5 Å². The molecule has 1 aliphatic heterocycles. The molecule has 0 spiro atoms. The lowest BCUT2D eigenvalue weighted by atomic mass is 10.1. The van der Waals surface area contributed by atoms with Gasteiger partial charge in [0.05, 0.1) is 0 Å². The molecule has 1 amide bonds. The average Bonchev–Trinajstić information content (AvgIpc) is 2.78. The molecule has 2 rings (SSSR count). The molecule has 0 saturated carbocycles. The lowest BCUT2D eigenvalue weighted by Crippen LogP contribution is -2.36. The van der Waals surface area contributed by atoms with E-state index in [9.17, 15) is 14.4 Å². The number of H-pyrrole nitrogens is 2. The van der Waals surface area contributed by atoms with E-state index < -0.39 is 17.2 Å². The summed E-state index contributed by atoms with van der Waals surface area (Å²) < 4.78 is 0. The zero-order valence-corrected chi connectivity index (χ0v) is 9.21. The second-order valence-electron chi connectivity index (χ2n) is 4.05. The standard InChI is InChI=1S/C10H14N4O3/c15-8(12-4-6-1-2-11-3-6)7-5-13-10(17)14-9(7)16/h5-6,11H,1-4H2,(H,12,15)(H2,13,14,16,17). The first-order chi connectivity index (χ1) is 8.16. The summed E-state index contributed by atoms with van der Waals surface area (Å²) in [6.07, 6.45) is 2.14. The summed E-state index contributed by atoms with van der Waals surface area (Å²) in [5.74, 6) is -0.0600. The highest BCUT2D eigenvalue weighted by Crippen LogP contribution is 2.05. The maximum Gasteiger partial charge on any atom is 0.325 e. The highest BCUT2D eigenvalue weighted by atomic mass is 16.2. The molecule has 1 atom stereocenters. The molecule has 0 aliphatic carbocycles. The number of carbonyl (C=O) groups is 1. The summed E-state index contributed by atoms with van der Waals surface area (Å²) in [5.41, 5.74) is -1.36. The SMILES string of the molecule is O=C(NCC1CCNC1)c1c[nH]c(=O)[nH]c1=O. The number of hydrogen-bond donors (Lipinski definition) is 4. The van der Waals surface area contributed by atoms with Gasteiger partial charge < -0.3 is 15.6 Å². The van der Waals surface area contributed by atoms with Crippen LogP contribution in [0, 0.1) is 5.92 Å². The Bertz CT molecular complexity index is 513. The van der Waals surface area contributed by atoms with E-state index in [2.05, 4.69) is 15.6 Å². The summed E-state index contributed by atoms with van der Waals surface area (Å²) >= 11 is 0. The van der Waals surface area contributed by atoms with Crippen molar-refractivity contribution >= 4 is 5.91 Å². The molecule has 1 aromatic heterocycles. The minimum atomic E-state index is -0.671. The van der Waals surface area contributed by atoms with Gasteiger partial charge in [-0.2, -0.15) is 0 Å². The zero-order chi connectivity index (χ0) is 12.3. The van der Waals surface area contributed by atoms with Crippen LogP contribution in [0.3, 0.4) is 0 Å². The molecular formula is C10H14N4O3. The van der Waals surface area contributed by atoms with Crippen LogP contribution < -0.4 is 21.9 Å². The predicted molar refractivity (Wildman–Crippen MR) is 61.0 cm³/mol. The number of aromatic nitrogens is 2. The van der Waals surface area contributed by atoms with Crippen molar-refractivity contribution in [1.82, 2.24) is 20.6 Å². The van der Waals surface area contributed by atoms with E-state index in [-0.39, 0.29) is 5.56 Å². The third-order valence-corrected chi connectivity index (χ3v) is 2.78. The zero-order valence-electron chi connectivity index (χ0n) is 9.21. The highest BCUT2D eigenvalue weighted by Gasteiger charge is 2.17. The summed E-state index contributed by atoms with van der Waals surface area (Å²) in [7, 11) is 0. The Morgan fingerprint density at radius 1 is 1.47 bits per heavy atom. The fraction of sp³-hybridized carbons (Fsp3) is 0.500. The molecule has 0 bridgehead atoms. The fourth-order valence-electron chi connectivity index (χ4n) is 1.80. The molecule has 0 aromatic carbocycles. The summed E-state index contributed by atoms with van der Waals surface area (Å²) in [6, 6.07) is 0. The lowest BCUT2D eigenvalue weighted by Gasteiger charge is -2.09. The van der Waals surface area contributed by atoms with Gasteiger partial charge in [-0.15, -0.1) is 0 Å². The van der Waals surface area contributed by atoms with Gasteiger partial charge >= 0.3 is 5.69 Å². The number of hydrogen-bond acceptors (Lipinski definition) is 4. The Labute approximate surface area is 96.6 Å². The molecule has 1 unspecified atom stereocenters. The molecule has 1 aliphatic rings. The molecule has 1 saturated heterocycles. The van der Waals surface area contributed by atoms with E-state index in [4.69, 9.17) is 0 Å². The fourth-order valence-corrected chi connectivity index (χ4v) is 1.80. The van der Waals surface area contributed by atoms with Crippen LogP contribution in [0.2, 0.25) is 0 Å². The van der Waals surface area contributed by atoms with Crippen LogP contribution >= 0.6 is 0 Å². The largest absolute Gasteiger partial charge is 0.351 e. The molecular weight excluding hydrogens is 224 g/mol. The van der Waals surface area contributed by atoms with Gasteiger partial charge in [-0.25, -0.2) is 4.79 Å². The second-order valence-corrected chi connectivity index (χ2v) is 4.05. The minimum absolute atomic E-state index is 0.0736. The Balaban J connectivity index is 1.99. The Kier molecular flexibility index (Phi) is 3.38. The molecule has 1 aromatic rings. The minimum Gasteiger partial charge on any atom is -0.351 e. The first-order valence-electron chi connectivity index (χ1n) is 5.48. The maximum absolute atomic E-state index is 11.7. The Morgan fingerprint density at radius 2 is 2.29 bits per heavy atom. The van der Waals surface area contributed by atoms with Crippen LogP contribution in [0.4, 0.5) is 0 Å². The van der Waals surface area contributed by atoms with Gasteiger partial charge in [-0.05, 0) is 25.4 Å². The maximum atomic E-state index is 11.7. The van der Waals surface area contributed by atoms with Gasteiger partial charge in [0.15, 0.2) is 0 Å². The van der Waals surface area contributed by atoms with E-state index >= 15 is 0 Å². The Morgan fingerprint density at radius 3 is 2.94 bits per heavy atom. The van der Waals surface area contributed by atoms with Crippen LogP contribution in [0.5, 0.6) is 0 Å². The molecule has 1 fully saturated rings. The predicted octanol–water partition coefficient (Wildman–Crippen LogP) is -1.60. The summed E-state index contributed by atoms with van der Waals surface area (Å²) in [6.45, 7) is 2.37. The van der Waals surface area contributed by atoms with Crippen molar-refractivity contribution in [3.8, 4) is 0 Å². The molecule has 7 heteroatoms. The van der Waals surface area contributed by atoms with Gasteiger partial charge in [-0.3, -0.25) is 14.6 Å². The van der Waals surface area contributed by atoms with Gasteiger partial charge in [0.2, 0.25) is 0 Å². The highest BCUT2D eigenvalue weighted by molar-refractivity contribution is 5.93. The Hall–Kier alpha value is -1.89. The smallest absolute Gasteiger partial charge is 0.325 e. The van der Waals surface area contributed by atoms with Crippen LogP contribution in [0.1, 0.15) is 16.8 Å². The van der Waals surface area contributed by atoms with Gasteiger partial charge in [0.1, 0.15) is 5.56 Å². The van der Waals surface area contributed by atoms with Gasteiger partial charge in [0, 0.05) is 12.7 Å². The van der Waals surface area contributed by atoms with E-state index in [0.717, 1.165) is 25.7 Å². The number of amides is 1. The third-order valence-electron chi connectivity index (χ3n) is 2.78. The molecule has 4 N–H and O–H groups in total. The number of nitrogens with one attached hydrogen (secondary N) is 4. The van der Waals surface area contributed by atoms with E-state index in [0.29, 0.717) is 12.5 Å². The lowest BCUT2D eigenvalue weighted by molar-refractivity contribution is 0.0946. The van der Waals surface area contributed by atoms with E-state index in [1.54, 1.807) is 0 Å². The summed E-state index contributed by atoms with van der Waals surface area (Å²) in [4.78, 5) is 38.0. The van der Waals surface area contributed by atoms with Gasteiger partial charge in [-0.1, -0.05) is 0 Å². The van der Waals surface area contributed by atoms with Crippen molar-refractivity contribution in [2.75, 3.05) is 19.6 Å². The van der Waals surface area contributed by atoms with Crippen molar-refractivity contribution in [3.05, 3.63) is 32.6 Å². The number of aromatic amines is 2. The van der Waals surface area contributed by atoms with Crippen molar-refractivity contribution in [3.63, 3.8) is 0 Å². The second kappa shape index (κ2) is 4.96. The monoisotopic (exact) mass is 238 g/mol. The first-order valence-corrected chi connectivity index (χ1v) is 5.48. The average molecular weight is 238 g/mol. The molecule has 92 valence electrons. The quantitative estimate of drug-likeness (QED) is 0.509. The molecule has 17 heavy (non-hydrogen) atoms. The van der Waals surface area contributed by atoms with Crippen LogP contribution in [-0.2, 0) is 0 Å².